The molecule has 1 aliphatic heterocycles. The van der Waals surface area contributed by atoms with Crippen molar-refractivity contribution in [1.29, 1.82) is 0 Å². The number of aryl methyl sites for hydroxylation is 2. The lowest BCUT2D eigenvalue weighted by atomic mass is 10.0. The second kappa shape index (κ2) is 5.70. The van der Waals surface area contributed by atoms with Crippen LogP contribution in [0.15, 0.2) is 30.5 Å². The van der Waals surface area contributed by atoms with Gasteiger partial charge in [-0.3, -0.25) is 4.79 Å². The molecule has 1 fully saturated rings. The summed E-state index contributed by atoms with van der Waals surface area (Å²) < 4.78 is 2.13. The molecular formula is C17H22N2O. The van der Waals surface area contributed by atoms with Crippen LogP contribution in [-0.2, 0) is 18.3 Å². The minimum atomic E-state index is 0.317. The smallest absolute Gasteiger partial charge is 0.222 e. The molecule has 1 aromatic carbocycles. The van der Waals surface area contributed by atoms with E-state index in [2.05, 4.69) is 42.1 Å². The number of piperidine rings is 1. The Kier molecular flexibility index (Phi) is 3.77. The highest BCUT2D eigenvalue weighted by atomic mass is 16.2. The Morgan fingerprint density at radius 3 is 2.75 bits per heavy atom. The molecule has 3 rings (SSSR count). The summed E-state index contributed by atoms with van der Waals surface area (Å²) in [5.74, 6) is 0.317. The number of rotatable bonds is 3. The average molecular weight is 270 g/mol. The predicted octanol–water partition coefficient (Wildman–Crippen LogP) is 3.12. The summed E-state index contributed by atoms with van der Waals surface area (Å²) in [6, 6.07) is 8.51. The third-order valence-electron chi connectivity index (χ3n) is 4.34. The zero-order chi connectivity index (χ0) is 13.9. The predicted molar refractivity (Wildman–Crippen MR) is 81.7 cm³/mol. The lowest BCUT2D eigenvalue weighted by Gasteiger charge is -2.26. The van der Waals surface area contributed by atoms with Gasteiger partial charge in [0.15, 0.2) is 0 Å². The number of aromatic nitrogens is 1. The van der Waals surface area contributed by atoms with E-state index in [0.29, 0.717) is 12.3 Å². The largest absolute Gasteiger partial charge is 0.351 e. The number of carbonyl (C=O) groups excluding carboxylic acids is 1. The summed E-state index contributed by atoms with van der Waals surface area (Å²) in [4.78, 5) is 14.3. The monoisotopic (exact) mass is 270 g/mol. The van der Waals surface area contributed by atoms with Crippen molar-refractivity contribution < 1.29 is 4.79 Å². The second-order valence-electron chi connectivity index (χ2n) is 5.72. The molecule has 106 valence electrons. The molecule has 1 aliphatic rings. The summed E-state index contributed by atoms with van der Waals surface area (Å²) in [6.07, 6.45) is 7.17. The number of hydrogen-bond donors (Lipinski definition) is 0. The topological polar surface area (TPSA) is 25.2 Å². The fourth-order valence-corrected chi connectivity index (χ4v) is 3.13. The van der Waals surface area contributed by atoms with Gasteiger partial charge < -0.3 is 9.47 Å². The molecule has 1 amide bonds. The van der Waals surface area contributed by atoms with Crippen molar-refractivity contribution in [3.8, 4) is 0 Å². The first-order valence-corrected chi connectivity index (χ1v) is 7.56. The van der Waals surface area contributed by atoms with Crippen LogP contribution in [-0.4, -0.2) is 28.5 Å². The molecule has 2 heterocycles. The number of amides is 1. The van der Waals surface area contributed by atoms with Crippen molar-refractivity contribution in [2.24, 2.45) is 7.05 Å². The first-order valence-electron chi connectivity index (χ1n) is 7.56. The number of carbonyl (C=O) groups is 1. The standard InChI is InChI=1S/C17H22N2O/c1-18-13-10-15-14(6-5-7-16(15)18)8-9-17(20)19-11-3-2-4-12-19/h5-7,10,13H,2-4,8-9,11-12H2,1H3. The van der Waals surface area contributed by atoms with Crippen molar-refractivity contribution >= 4 is 16.8 Å². The minimum Gasteiger partial charge on any atom is -0.351 e. The fourth-order valence-electron chi connectivity index (χ4n) is 3.13. The Hall–Kier alpha value is -1.77. The highest BCUT2D eigenvalue weighted by Crippen LogP contribution is 2.21. The molecule has 0 bridgehead atoms. The van der Waals surface area contributed by atoms with Gasteiger partial charge in [0, 0.05) is 43.7 Å². The van der Waals surface area contributed by atoms with Crippen LogP contribution in [0.5, 0.6) is 0 Å². The third-order valence-corrected chi connectivity index (χ3v) is 4.34. The number of hydrogen-bond acceptors (Lipinski definition) is 1. The highest BCUT2D eigenvalue weighted by molar-refractivity contribution is 5.84. The number of fused-ring (bicyclic) bond motifs is 1. The average Bonchev–Trinajstić information content (AvgIpc) is 2.88. The van der Waals surface area contributed by atoms with Crippen LogP contribution in [0.2, 0.25) is 0 Å². The first-order chi connectivity index (χ1) is 9.75. The Balaban J connectivity index is 1.69. The molecule has 1 saturated heterocycles. The molecule has 0 saturated carbocycles. The van der Waals surface area contributed by atoms with Crippen LogP contribution in [0.25, 0.3) is 10.9 Å². The van der Waals surface area contributed by atoms with Gasteiger partial charge in [-0.2, -0.15) is 0 Å². The van der Waals surface area contributed by atoms with Gasteiger partial charge in [-0.1, -0.05) is 12.1 Å². The van der Waals surface area contributed by atoms with Gasteiger partial charge in [0.05, 0.1) is 0 Å². The molecule has 20 heavy (non-hydrogen) atoms. The fraction of sp³-hybridized carbons (Fsp3) is 0.471. The van der Waals surface area contributed by atoms with Crippen molar-refractivity contribution in [1.82, 2.24) is 9.47 Å². The van der Waals surface area contributed by atoms with Crippen molar-refractivity contribution in [3.63, 3.8) is 0 Å². The van der Waals surface area contributed by atoms with Crippen molar-refractivity contribution in [2.75, 3.05) is 13.1 Å². The molecule has 2 aromatic rings. The van der Waals surface area contributed by atoms with E-state index in [1.54, 1.807) is 0 Å². The summed E-state index contributed by atoms with van der Waals surface area (Å²) in [5, 5.41) is 1.28. The Bertz CT molecular complexity index is 608. The van der Waals surface area contributed by atoms with Gasteiger partial charge in [-0.05, 0) is 43.4 Å². The van der Waals surface area contributed by atoms with Crippen LogP contribution in [0.3, 0.4) is 0 Å². The van der Waals surface area contributed by atoms with Crippen LogP contribution in [0.4, 0.5) is 0 Å². The van der Waals surface area contributed by atoms with Gasteiger partial charge in [-0.25, -0.2) is 0 Å². The molecule has 0 spiro atoms. The number of nitrogens with zero attached hydrogens (tertiary/aromatic N) is 2. The van der Waals surface area contributed by atoms with E-state index in [1.165, 1.54) is 35.7 Å². The second-order valence-corrected chi connectivity index (χ2v) is 5.72. The quantitative estimate of drug-likeness (QED) is 0.841. The summed E-state index contributed by atoms with van der Waals surface area (Å²) in [6.45, 7) is 1.91. The van der Waals surface area contributed by atoms with Gasteiger partial charge in [0.2, 0.25) is 5.91 Å². The SMILES string of the molecule is Cn1ccc2c(CCC(=O)N3CCCCC3)cccc21. The Morgan fingerprint density at radius 2 is 1.95 bits per heavy atom. The van der Waals surface area contributed by atoms with Gasteiger partial charge in [-0.15, -0.1) is 0 Å². The van der Waals surface area contributed by atoms with Crippen LogP contribution >= 0.6 is 0 Å². The molecule has 0 atom stereocenters. The molecule has 0 N–H and O–H groups in total. The van der Waals surface area contributed by atoms with Crippen LogP contribution < -0.4 is 0 Å². The van der Waals surface area contributed by atoms with E-state index in [0.717, 1.165) is 19.5 Å². The molecule has 3 heteroatoms. The molecular weight excluding hydrogens is 248 g/mol. The molecule has 0 aliphatic carbocycles. The summed E-state index contributed by atoms with van der Waals surface area (Å²) in [7, 11) is 2.06. The zero-order valence-corrected chi connectivity index (χ0v) is 12.1. The van der Waals surface area contributed by atoms with Crippen LogP contribution in [0, 0.1) is 0 Å². The van der Waals surface area contributed by atoms with Gasteiger partial charge in [0.25, 0.3) is 0 Å². The zero-order valence-electron chi connectivity index (χ0n) is 12.1. The maximum absolute atomic E-state index is 12.2. The lowest BCUT2D eigenvalue weighted by molar-refractivity contribution is -0.132. The minimum absolute atomic E-state index is 0.317. The van der Waals surface area contributed by atoms with Crippen LogP contribution in [0.1, 0.15) is 31.2 Å². The lowest BCUT2D eigenvalue weighted by Crippen LogP contribution is -2.35. The summed E-state index contributed by atoms with van der Waals surface area (Å²) >= 11 is 0. The maximum atomic E-state index is 12.2. The van der Waals surface area contributed by atoms with Crippen molar-refractivity contribution in [2.45, 2.75) is 32.1 Å². The molecule has 0 unspecified atom stereocenters. The normalized spacial score (nSPS) is 15.8. The summed E-state index contributed by atoms with van der Waals surface area (Å²) in [5.41, 5.74) is 2.53. The van der Waals surface area contributed by atoms with E-state index in [9.17, 15) is 4.79 Å². The van der Waals surface area contributed by atoms with Gasteiger partial charge in [0.1, 0.15) is 0 Å². The molecule has 1 aromatic heterocycles. The van der Waals surface area contributed by atoms with E-state index < -0.39 is 0 Å². The van der Waals surface area contributed by atoms with E-state index in [4.69, 9.17) is 0 Å². The van der Waals surface area contributed by atoms with E-state index in [-0.39, 0.29) is 0 Å². The van der Waals surface area contributed by atoms with E-state index >= 15 is 0 Å². The molecule has 0 radical (unpaired) electrons. The Morgan fingerprint density at radius 1 is 1.15 bits per heavy atom. The Labute approximate surface area is 120 Å². The maximum Gasteiger partial charge on any atom is 0.222 e. The third kappa shape index (κ3) is 2.58. The van der Waals surface area contributed by atoms with E-state index in [1.807, 2.05) is 4.90 Å². The first kappa shape index (κ1) is 13.2. The molecule has 3 nitrogen and oxygen atoms in total. The number of benzene rings is 1. The highest BCUT2D eigenvalue weighted by Gasteiger charge is 2.16. The van der Waals surface area contributed by atoms with Gasteiger partial charge >= 0.3 is 0 Å². The van der Waals surface area contributed by atoms with Crippen molar-refractivity contribution in [3.05, 3.63) is 36.0 Å². The number of likely N-dealkylation sites (tertiary alicyclic amines) is 1.